The van der Waals surface area contributed by atoms with E-state index in [-0.39, 0.29) is 0 Å². The van der Waals surface area contributed by atoms with E-state index in [1.807, 2.05) is 0 Å². The highest BCUT2D eigenvalue weighted by Gasteiger charge is 2.30. The molecule has 1 aromatic rings. The standard InChI is InChI=1S/C10H17N3S/c1-7(2)11-9-13-6-10(3,4)5-8(13)12-14-9/h7H,5-6H2,1-4H3. The maximum absolute atomic E-state index is 4.58. The molecule has 0 bridgehead atoms. The summed E-state index contributed by atoms with van der Waals surface area (Å²) < 4.78 is 6.72. The molecular weight excluding hydrogens is 194 g/mol. The molecular formula is C10H17N3S. The molecule has 0 atom stereocenters. The molecule has 0 aromatic carbocycles. The Kier molecular flexibility index (Phi) is 2.26. The molecule has 0 spiro atoms. The minimum absolute atomic E-state index is 0.357. The minimum Gasteiger partial charge on any atom is -0.304 e. The summed E-state index contributed by atoms with van der Waals surface area (Å²) in [6.45, 7) is 9.83. The Morgan fingerprint density at radius 1 is 1.50 bits per heavy atom. The average Bonchev–Trinajstić information content (AvgIpc) is 2.47. The highest BCUT2D eigenvalue weighted by molar-refractivity contribution is 7.02. The van der Waals surface area contributed by atoms with Crippen LogP contribution in [0.1, 0.15) is 33.5 Å². The second-order valence-electron chi connectivity index (χ2n) is 5.03. The third kappa shape index (κ3) is 1.75. The molecule has 1 aromatic heterocycles. The second kappa shape index (κ2) is 3.19. The van der Waals surface area contributed by atoms with Gasteiger partial charge in [-0.25, -0.2) is 0 Å². The molecule has 78 valence electrons. The number of aromatic nitrogens is 2. The lowest BCUT2D eigenvalue weighted by Gasteiger charge is -2.14. The van der Waals surface area contributed by atoms with Gasteiger partial charge in [-0.2, -0.15) is 4.37 Å². The van der Waals surface area contributed by atoms with Crippen molar-refractivity contribution in [3.63, 3.8) is 0 Å². The van der Waals surface area contributed by atoms with Crippen molar-refractivity contribution >= 4 is 11.5 Å². The van der Waals surface area contributed by atoms with E-state index in [0.717, 1.165) is 17.8 Å². The van der Waals surface area contributed by atoms with E-state index in [9.17, 15) is 0 Å². The van der Waals surface area contributed by atoms with Crippen LogP contribution in [-0.4, -0.2) is 15.0 Å². The van der Waals surface area contributed by atoms with Crippen LogP contribution in [0.5, 0.6) is 0 Å². The van der Waals surface area contributed by atoms with Crippen LogP contribution >= 0.6 is 11.5 Å². The van der Waals surface area contributed by atoms with Crippen molar-refractivity contribution in [1.82, 2.24) is 8.94 Å². The predicted molar refractivity (Wildman–Crippen MR) is 58.3 cm³/mol. The van der Waals surface area contributed by atoms with Crippen LogP contribution in [0, 0.1) is 5.41 Å². The fourth-order valence-corrected chi connectivity index (χ4v) is 2.69. The van der Waals surface area contributed by atoms with Crippen molar-refractivity contribution in [3.8, 4) is 0 Å². The predicted octanol–water partition coefficient (Wildman–Crippen LogP) is 1.84. The fourth-order valence-electron chi connectivity index (χ4n) is 1.82. The average molecular weight is 211 g/mol. The normalized spacial score (nSPS) is 20.5. The zero-order valence-electron chi connectivity index (χ0n) is 9.24. The summed E-state index contributed by atoms with van der Waals surface area (Å²) in [5, 5.41) is 0. The molecule has 0 saturated heterocycles. The first-order chi connectivity index (χ1) is 6.48. The number of hydrogen-bond donors (Lipinski definition) is 0. The maximum atomic E-state index is 4.58. The lowest BCUT2D eigenvalue weighted by atomic mass is 9.92. The van der Waals surface area contributed by atoms with E-state index in [1.165, 1.54) is 17.4 Å². The minimum atomic E-state index is 0.357. The van der Waals surface area contributed by atoms with E-state index in [4.69, 9.17) is 0 Å². The molecule has 0 saturated carbocycles. The van der Waals surface area contributed by atoms with Gasteiger partial charge in [0, 0.05) is 30.5 Å². The number of fused-ring (bicyclic) bond motifs is 1. The Bertz CT molecular complexity index is 398. The van der Waals surface area contributed by atoms with Crippen LogP contribution in [0.15, 0.2) is 4.99 Å². The summed E-state index contributed by atoms with van der Waals surface area (Å²) in [5.74, 6) is 1.21. The van der Waals surface area contributed by atoms with Crippen molar-refractivity contribution in [2.24, 2.45) is 10.4 Å². The molecule has 2 rings (SSSR count). The molecule has 4 heteroatoms. The van der Waals surface area contributed by atoms with Gasteiger partial charge in [0.25, 0.3) is 0 Å². The molecule has 1 aliphatic rings. The van der Waals surface area contributed by atoms with E-state index < -0.39 is 0 Å². The summed E-state index contributed by atoms with van der Waals surface area (Å²) in [5.41, 5.74) is 0.359. The van der Waals surface area contributed by atoms with Crippen LogP contribution < -0.4 is 4.80 Å². The van der Waals surface area contributed by atoms with Crippen LogP contribution in [0.25, 0.3) is 0 Å². The van der Waals surface area contributed by atoms with Gasteiger partial charge in [-0.05, 0) is 19.3 Å². The Morgan fingerprint density at radius 3 is 2.86 bits per heavy atom. The van der Waals surface area contributed by atoms with E-state index in [2.05, 4.69) is 41.6 Å². The first-order valence-electron chi connectivity index (χ1n) is 5.07. The van der Waals surface area contributed by atoms with Crippen molar-refractivity contribution in [2.75, 3.05) is 0 Å². The first kappa shape index (κ1) is 9.90. The van der Waals surface area contributed by atoms with Gasteiger partial charge in [0.2, 0.25) is 4.80 Å². The molecule has 0 radical (unpaired) electrons. The Labute approximate surface area is 88.7 Å². The van der Waals surface area contributed by atoms with Gasteiger partial charge in [0.05, 0.1) is 0 Å². The summed E-state index contributed by atoms with van der Waals surface area (Å²) in [6, 6.07) is 0.357. The van der Waals surface area contributed by atoms with Crippen LogP contribution in [0.3, 0.4) is 0 Å². The van der Waals surface area contributed by atoms with Crippen LogP contribution in [0.2, 0.25) is 0 Å². The third-order valence-corrected chi connectivity index (χ3v) is 3.16. The summed E-state index contributed by atoms with van der Waals surface area (Å²) in [4.78, 5) is 5.66. The molecule has 0 amide bonds. The lowest BCUT2D eigenvalue weighted by molar-refractivity contribution is 0.356. The number of rotatable bonds is 1. The van der Waals surface area contributed by atoms with Crippen molar-refractivity contribution in [1.29, 1.82) is 0 Å². The number of nitrogens with zero attached hydrogens (tertiary/aromatic N) is 3. The topological polar surface area (TPSA) is 30.2 Å². The summed E-state index contributed by atoms with van der Waals surface area (Å²) in [6.07, 6.45) is 1.08. The second-order valence-corrected chi connectivity index (χ2v) is 5.76. The van der Waals surface area contributed by atoms with Gasteiger partial charge in [-0.3, -0.25) is 4.99 Å². The molecule has 1 aliphatic heterocycles. The SMILES string of the molecule is CC(C)N=c1snc2n1CC(C)(C)C2. The van der Waals surface area contributed by atoms with Gasteiger partial charge in [0.1, 0.15) is 5.82 Å². The van der Waals surface area contributed by atoms with Crippen LogP contribution in [0.4, 0.5) is 0 Å². The van der Waals surface area contributed by atoms with Gasteiger partial charge < -0.3 is 4.57 Å². The van der Waals surface area contributed by atoms with Gasteiger partial charge in [0.15, 0.2) is 0 Å². The van der Waals surface area contributed by atoms with Gasteiger partial charge in [-0.15, -0.1) is 0 Å². The third-order valence-electron chi connectivity index (χ3n) is 2.37. The van der Waals surface area contributed by atoms with E-state index in [1.54, 1.807) is 0 Å². The molecule has 14 heavy (non-hydrogen) atoms. The zero-order valence-corrected chi connectivity index (χ0v) is 10.1. The largest absolute Gasteiger partial charge is 0.304 e. The first-order valence-corrected chi connectivity index (χ1v) is 5.84. The smallest absolute Gasteiger partial charge is 0.204 e. The monoisotopic (exact) mass is 211 g/mol. The van der Waals surface area contributed by atoms with Gasteiger partial charge in [-0.1, -0.05) is 13.8 Å². The quantitative estimate of drug-likeness (QED) is 0.697. The maximum Gasteiger partial charge on any atom is 0.204 e. The van der Waals surface area contributed by atoms with Gasteiger partial charge >= 0.3 is 0 Å². The van der Waals surface area contributed by atoms with E-state index in [0.29, 0.717) is 11.5 Å². The lowest BCUT2D eigenvalue weighted by Crippen LogP contribution is -2.20. The molecule has 0 aliphatic carbocycles. The molecule has 2 heterocycles. The zero-order chi connectivity index (χ0) is 10.3. The Balaban J connectivity index is 2.42. The molecule has 0 unspecified atom stereocenters. The highest BCUT2D eigenvalue weighted by atomic mass is 32.1. The highest BCUT2D eigenvalue weighted by Crippen LogP contribution is 2.29. The Morgan fingerprint density at radius 2 is 2.21 bits per heavy atom. The summed E-state index contributed by atoms with van der Waals surface area (Å²) in [7, 11) is 0. The summed E-state index contributed by atoms with van der Waals surface area (Å²) >= 11 is 1.53. The van der Waals surface area contributed by atoms with Crippen molar-refractivity contribution < 1.29 is 0 Å². The molecule has 0 fully saturated rings. The van der Waals surface area contributed by atoms with Crippen molar-refractivity contribution in [2.45, 2.75) is 46.7 Å². The fraction of sp³-hybridized carbons (Fsp3) is 0.800. The number of hydrogen-bond acceptors (Lipinski definition) is 3. The Hall–Kier alpha value is -0.640. The molecule has 0 N–H and O–H groups in total. The van der Waals surface area contributed by atoms with E-state index >= 15 is 0 Å². The van der Waals surface area contributed by atoms with Crippen LogP contribution in [-0.2, 0) is 13.0 Å². The molecule has 3 nitrogen and oxygen atoms in total. The van der Waals surface area contributed by atoms with Crippen molar-refractivity contribution in [3.05, 3.63) is 10.6 Å².